The van der Waals surface area contributed by atoms with Crippen LogP contribution in [0.5, 0.6) is 0 Å². The standard InChI is InChI=1S/C19H13F3N2O4/c20-19(21,22)12-5-1-2-6-13(12)23-16(25)11-27-18(26)10-9-17-24-14-7-3-4-8-15(14)28-17/h1-10H,11H2,(H,23,25)/b10-9+. The molecule has 0 aliphatic carbocycles. The number of fused-ring (bicyclic) bond motifs is 1. The van der Waals surface area contributed by atoms with Crippen molar-refractivity contribution in [3.8, 4) is 0 Å². The molecule has 144 valence electrons. The molecule has 0 saturated heterocycles. The molecule has 0 atom stereocenters. The molecule has 0 aliphatic rings. The van der Waals surface area contributed by atoms with E-state index in [1.54, 1.807) is 24.3 Å². The van der Waals surface area contributed by atoms with E-state index in [4.69, 9.17) is 9.15 Å². The number of hydrogen-bond acceptors (Lipinski definition) is 5. The summed E-state index contributed by atoms with van der Waals surface area (Å²) >= 11 is 0. The summed E-state index contributed by atoms with van der Waals surface area (Å²) in [5.41, 5.74) is -0.264. The molecule has 1 aromatic heterocycles. The highest BCUT2D eigenvalue weighted by Crippen LogP contribution is 2.34. The van der Waals surface area contributed by atoms with Gasteiger partial charge in [-0.05, 0) is 24.3 Å². The molecule has 0 bridgehead atoms. The summed E-state index contributed by atoms with van der Waals surface area (Å²) in [6.07, 6.45) is -2.36. The van der Waals surface area contributed by atoms with Gasteiger partial charge in [-0.25, -0.2) is 9.78 Å². The summed E-state index contributed by atoms with van der Waals surface area (Å²) in [5.74, 6) is -1.61. The Balaban J connectivity index is 1.55. The van der Waals surface area contributed by atoms with Gasteiger partial charge in [0.25, 0.3) is 5.91 Å². The highest BCUT2D eigenvalue weighted by molar-refractivity contribution is 5.95. The van der Waals surface area contributed by atoms with Gasteiger partial charge in [-0.1, -0.05) is 24.3 Å². The first-order valence-corrected chi connectivity index (χ1v) is 7.99. The lowest BCUT2D eigenvalue weighted by molar-refractivity contribution is -0.142. The Bertz CT molecular complexity index is 1010. The lowest BCUT2D eigenvalue weighted by Gasteiger charge is -2.13. The Morgan fingerprint density at radius 1 is 1.11 bits per heavy atom. The van der Waals surface area contributed by atoms with E-state index >= 15 is 0 Å². The third-order valence-electron chi connectivity index (χ3n) is 3.52. The van der Waals surface area contributed by atoms with Gasteiger partial charge in [-0.3, -0.25) is 4.79 Å². The number of benzene rings is 2. The van der Waals surface area contributed by atoms with Crippen LogP contribution in [0.3, 0.4) is 0 Å². The van der Waals surface area contributed by atoms with Crippen molar-refractivity contribution < 1.29 is 31.9 Å². The molecule has 1 heterocycles. The summed E-state index contributed by atoms with van der Waals surface area (Å²) < 4.78 is 48.8. The Kier molecular flexibility index (Phi) is 5.44. The molecule has 1 N–H and O–H groups in total. The number of ether oxygens (including phenoxy) is 1. The van der Waals surface area contributed by atoms with Gasteiger partial charge in [0, 0.05) is 12.2 Å². The fourth-order valence-corrected chi connectivity index (χ4v) is 2.31. The molecule has 28 heavy (non-hydrogen) atoms. The van der Waals surface area contributed by atoms with Crippen molar-refractivity contribution in [2.45, 2.75) is 6.18 Å². The van der Waals surface area contributed by atoms with Crippen LogP contribution in [0, 0.1) is 0 Å². The van der Waals surface area contributed by atoms with Gasteiger partial charge in [0.05, 0.1) is 11.3 Å². The van der Waals surface area contributed by atoms with Crippen molar-refractivity contribution in [1.29, 1.82) is 0 Å². The third kappa shape index (κ3) is 4.76. The van der Waals surface area contributed by atoms with Crippen LogP contribution in [-0.2, 0) is 20.5 Å². The molecule has 0 saturated carbocycles. The van der Waals surface area contributed by atoms with Crippen LogP contribution in [-0.4, -0.2) is 23.5 Å². The summed E-state index contributed by atoms with van der Waals surface area (Å²) in [6, 6.07) is 11.5. The number of anilines is 1. The van der Waals surface area contributed by atoms with Crippen LogP contribution in [0.4, 0.5) is 18.9 Å². The monoisotopic (exact) mass is 390 g/mol. The van der Waals surface area contributed by atoms with E-state index in [9.17, 15) is 22.8 Å². The van der Waals surface area contributed by atoms with Crippen molar-refractivity contribution in [1.82, 2.24) is 4.98 Å². The van der Waals surface area contributed by atoms with Gasteiger partial charge in [-0.15, -0.1) is 0 Å². The van der Waals surface area contributed by atoms with Crippen molar-refractivity contribution in [2.75, 3.05) is 11.9 Å². The van der Waals surface area contributed by atoms with Crippen LogP contribution in [0.1, 0.15) is 11.5 Å². The lowest BCUT2D eigenvalue weighted by Crippen LogP contribution is -2.22. The van der Waals surface area contributed by atoms with Gasteiger partial charge in [0.2, 0.25) is 5.89 Å². The quantitative estimate of drug-likeness (QED) is 0.525. The van der Waals surface area contributed by atoms with E-state index in [0.717, 1.165) is 18.2 Å². The van der Waals surface area contributed by atoms with Crippen LogP contribution in [0.25, 0.3) is 17.2 Å². The number of aromatic nitrogens is 1. The van der Waals surface area contributed by atoms with E-state index in [0.29, 0.717) is 11.1 Å². The Hall–Kier alpha value is -3.62. The number of nitrogens with one attached hydrogen (secondary N) is 1. The summed E-state index contributed by atoms with van der Waals surface area (Å²) in [5, 5.41) is 2.07. The number of para-hydroxylation sites is 3. The molecule has 9 heteroatoms. The van der Waals surface area contributed by atoms with E-state index < -0.39 is 35.9 Å². The molecule has 0 radical (unpaired) electrons. The number of rotatable bonds is 5. The zero-order chi connectivity index (χ0) is 20.1. The minimum Gasteiger partial charge on any atom is -0.452 e. The van der Waals surface area contributed by atoms with Crippen molar-refractivity contribution in [2.24, 2.45) is 0 Å². The third-order valence-corrected chi connectivity index (χ3v) is 3.52. The Labute approximate surface area is 156 Å². The molecular formula is C19H13F3N2O4. The van der Waals surface area contributed by atoms with Gasteiger partial charge >= 0.3 is 12.1 Å². The van der Waals surface area contributed by atoms with Crippen LogP contribution < -0.4 is 5.32 Å². The molecule has 1 amide bonds. The van der Waals surface area contributed by atoms with E-state index in [1.807, 2.05) is 0 Å². The highest BCUT2D eigenvalue weighted by atomic mass is 19.4. The van der Waals surface area contributed by atoms with Gasteiger partial charge in [-0.2, -0.15) is 13.2 Å². The number of esters is 1. The van der Waals surface area contributed by atoms with Gasteiger partial charge in [0.15, 0.2) is 12.2 Å². The maximum atomic E-state index is 12.9. The number of oxazole rings is 1. The molecule has 2 aromatic carbocycles. The van der Waals surface area contributed by atoms with Crippen LogP contribution >= 0.6 is 0 Å². The van der Waals surface area contributed by atoms with Crippen molar-refractivity contribution in [3.63, 3.8) is 0 Å². The minimum absolute atomic E-state index is 0.168. The number of hydrogen-bond donors (Lipinski definition) is 1. The molecule has 3 aromatic rings. The average molecular weight is 390 g/mol. The molecule has 0 fully saturated rings. The SMILES string of the molecule is O=C(COC(=O)/C=C/c1nc2ccccc2o1)Nc1ccccc1C(F)(F)F. The van der Waals surface area contributed by atoms with Crippen LogP contribution in [0.15, 0.2) is 59.0 Å². The smallest absolute Gasteiger partial charge is 0.418 e. The second-order valence-electron chi connectivity index (χ2n) is 5.55. The average Bonchev–Trinajstić information content (AvgIpc) is 3.07. The molecule has 6 nitrogen and oxygen atoms in total. The van der Waals surface area contributed by atoms with Gasteiger partial charge in [0.1, 0.15) is 5.52 Å². The second-order valence-corrected chi connectivity index (χ2v) is 5.55. The van der Waals surface area contributed by atoms with Crippen LogP contribution in [0.2, 0.25) is 0 Å². The first kappa shape index (κ1) is 19.2. The maximum Gasteiger partial charge on any atom is 0.418 e. The zero-order valence-electron chi connectivity index (χ0n) is 14.2. The van der Waals surface area contributed by atoms with Crippen molar-refractivity contribution >= 4 is 34.7 Å². The Morgan fingerprint density at radius 2 is 1.82 bits per heavy atom. The van der Waals surface area contributed by atoms with Crippen molar-refractivity contribution in [3.05, 3.63) is 66.1 Å². The predicted molar refractivity (Wildman–Crippen MR) is 94.1 cm³/mol. The fraction of sp³-hybridized carbons (Fsp3) is 0.105. The molecule has 3 rings (SSSR count). The van der Waals surface area contributed by atoms with E-state index in [1.165, 1.54) is 18.2 Å². The number of amides is 1. The van der Waals surface area contributed by atoms with E-state index in [2.05, 4.69) is 10.3 Å². The normalized spacial score (nSPS) is 11.7. The zero-order valence-corrected chi connectivity index (χ0v) is 14.2. The molecule has 0 aliphatic heterocycles. The van der Waals surface area contributed by atoms with Gasteiger partial charge < -0.3 is 14.5 Å². The summed E-state index contributed by atoms with van der Waals surface area (Å²) in [6.45, 7) is -0.747. The minimum atomic E-state index is -4.62. The Morgan fingerprint density at radius 3 is 2.57 bits per heavy atom. The second kappa shape index (κ2) is 7.95. The lowest BCUT2D eigenvalue weighted by atomic mass is 10.1. The fourth-order valence-electron chi connectivity index (χ4n) is 2.31. The topological polar surface area (TPSA) is 81.4 Å². The predicted octanol–water partition coefficient (Wildman–Crippen LogP) is 4.04. The maximum absolute atomic E-state index is 12.9. The molecule has 0 unspecified atom stereocenters. The largest absolute Gasteiger partial charge is 0.452 e. The summed E-state index contributed by atoms with van der Waals surface area (Å²) in [4.78, 5) is 27.6. The first-order chi connectivity index (χ1) is 13.3. The molecule has 0 spiro atoms. The van der Waals surface area contributed by atoms with E-state index in [-0.39, 0.29) is 5.89 Å². The number of nitrogens with zero attached hydrogens (tertiary/aromatic N) is 1. The molecular weight excluding hydrogens is 377 g/mol. The number of alkyl halides is 3. The summed E-state index contributed by atoms with van der Waals surface area (Å²) in [7, 11) is 0. The highest BCUT2D eigenvalue weighted by Gasteiger charge is 2.33. The first-order valence-electron chi connectivity index (χ1n) is 7.99. The number of halogens is 3. The number of carbonyl (C=O) groups excluding carboxylic acids is 2. The number of carbonyl (C=O) groups is 2.